The van der Waals surface area contributed by atoms with Crippen LogP contribution < -0.4 is 10.6 Å². The molecule has 0 saturated carbocycles. The minimum Gasteiger partial charge on any atom is -0.444 e. The van der Waals surface area contributed by atoms with Gasteiger partial charge in [0.15, 0.2) is 0 Å². The molecule has 114 valence electrons. The number of ether oxygens (including phenoxy) is 1. The molecule has 1 heterocycles. The van der Waals surface area contributed by atoms with Crippen molar-refractivity contribution in [1.29, 1.82) is 0 Å². The van der Waals surface area contributed by atoms with Crippen molar-refractivity contribution in [2.24, 2.45) is 0 Å². The zero-order chi connectivity index (χ0) is 15.3. The number of para-hydroxylation sites is 1. The van der Waals surface area contributed by atoms with Crippen molar-refractivity contribution < 1.29 is 9.53 Å². The molecule has 0 aliphatic rings. The topological polar surface area (TPSA) is 66.2 Å². The molecule has 0 aliphatic heterocycles. The van der Waals surface area contributed by atoms with Crippen LogP contribution in [-0.4, -0.2) is 29.8 Å². The predicted octanol–water partition coefficient (Wildman–Crippen LogP) is 3.49. The summed E-state index contributed by atoms with van der Waals surface area (Å²) in [4.78, 5) is 14.8. The lowest BCUT2D eigenvalue weighted by atomic mass is 10.2. The number of nitrogens with one attached hydrogen (secondary N) is 3. The Labute approximate surface area is 125 Å². The number of hydrogen-bond donors (Lipinski definition) is 3. The second kappa shape index (κ2) is 6.52. The highest BCUT2D eigenvalue weighted by molar-refractivity contribution is 5.83. The third-order valence-electron chi connectivity index (χ3n) is 2.87. The number of aromatic amines is 1. The van der Waals surface area contributed by atoms with Gasteiger partial charge < -0.3 is 20.4 Å². The number of carbonyl (C=O) groups excluding carboxylic acids is 1. The van der Waals surface area contributed by atoms with Gasteiger partial charge in [-0.1, -0.05) is 18.2 Å². The number of rotatable bonds is 5. The minimum absolute atomic E-state index is 0.367. The first-order valence-electron chi connectivity index (χ1n) is 7.22. The Morgan fingerprint density at radius 1 is 1.24 bits per heavy atom. The second-order valence-corrected chi connectivity index (χ2v) is 5.98. The van der Waals surface area contributed by atoms with E-state index in [0.29, 0.717) is 6.54 Å². The summed E-state index contributed by atoms with van der Waals surface area (Å²) in [5.41, 5.74) is 0.666. The largest absolute Gasteiger partial charge is 0.444 e. The standard InChI is InChI=1S/C16H23N3O2/c1-16(2,3)21-15(20)18-10-6-9-17-14-11-12-7-4-5-8-13(12)19-14/h4-5,7-8,11,17,19H,6,9-10H2,1-3H3,(H,18,20). The van der Waals surface area contributed by atoms with E-state index in [1.807, 2.05) is 39.0 Å². The van der Waals surface area contributed by atoms with Crippen LogP contribution in [0.1, 0.15) is 27.2 Å². The van der Waals surface area contributed by atoms with Gasteiger partial charge in [0.25, 0.3) is 0 Å². The zero-order valence-electron chi connectivity index (χ0n) is 12.8. The molecule has 0 radical (unpaired) electrons. The van der Waals surface area contributed by atoms with Gasteiger partial charge in [-0.15, -0.1) is 0 Å². The maximum atomic E-state index is 11.4. The molecule has 1 aromatic carbocycles. The Kier molecular flexibility index (Phi) is 4.73. The normalized spacial score (nSPS) is 11.4. The lowest BCUT2D eigenvalue weighted by Crippen LogP contribution is -2.33. The first-order valence-corrected chi connectivity index (χ1v) is 7.22. The van der Waals surface area contributed by atoms with Gasteiger partial charge in [-0.3, -0.25) is 0 Å². The number of hydrogen-bond acceptors (Lipinski definition) is 3. The molecule has 0 spiro atoms. The molecule has 0 aliphatic carbocycles. The van der Waals surface area contributed by atoms with E-state index in [1.165, 1.54) is 5.39 Å². The molecule has 0 atom stereocenters. The SMILES string of the molecule is CC(C)(C)OC(=O)NCCCNc1cc2ccccc2[nH]1. The zero-order valence-corrected chi connectivity index (χ0v) is 12.8. The quantitative estimate of drug-likeness (QED) is 0.738. The summed E-state index contributed by atoms with van der Waals surface area (Å²) in [5.74, 6) is 0.994. The number of amides is 1. The van der Waals surface area contributed by atoms with Crippen molar-refractivity contribution in [3.8, 4) is 0 Å². The third-order valence-corrected chi connectivity index (χ3v) is 2.87. The van der Waals surface area contributed by atoms with Crippen molar-refractivity contribution in [2.45, 2.75) is 32.8 Å². The van der Waals surface area contributed by atoms with Crippen LogP contribution >= 0.6 is 0 Å². The third kappa shape index (κ3) is 5.02. The number of fused-ring (bicyclic) bond motifs is 1. The molecule has 3 N–H and O–H groups in total. The molecule has 5 nitrogen and oxygen atoms in total. The van der Waals surface area contributed by atoms with E-state index >= 15 is 0 Å². The van der Waals surface area contributed by atoms with E-state index in [1.54, 1.807) is 0 Å². The molecule has 21 heavy (non-hydrogen) atoms. The first kappa shape index (κ1) is 15.2. The van der Waals surface area contributed by atoms with Crippen LogP contribution in [0.25, 0.3) is 10.9 Å². The van der Waals surface area contributed by atoms with Crippen LogP contribution in [0.2, 0.25) is 0 Å². The van der Waals surface area contributed by atoms with Crippen LogP contribution in [0.5, 0.6) is 0 Å². The van der Waals surface area contributed by atoms with E-state index in [-0.39, 0.29) is 6.09 Å². The van der Waals surface area contributed by atoms with Gasteiger partial charge in [0.2, 0.25) is 0 Å². The predicted molar refractivity (Wildman–Crippen MR) is 85.6 cm³/mol. The molecule has 5 heteroatoms. The van der Waals surface area contributed by atoms with Gasteiger partial charge in [-0.25, -0.2) is 4.79 Å². The van der Waals surface area contributed by atoms with E-state index in [2.05, 4.69) is 27.8 Å². The van der Waals surface area contributed by atoms with Crippen LogP contribution in [0.3, 0.4) is 0 Å². The average molecular weight is 289 g/mol. The summed E-state index contributed by atoms with van der Waals surface area (Å²) in [7, 11) is 0. The van der Waals surface area contributed by atoms with Crippen LogP contribution in [0.4, 0.5) is 10.6 Å². The molecule has 2 aromatic rings. The Balaban J connectivity index is 1.67. The molecule has 0 saturated heterocycles. The summed E-state index contributed by atoms with van der Waals surface area (Å²) < 4.78 is 5.17. The molecule has 1 amide bonds. The summed E-state index contributed by atoms with van der Waals surface area (Å²) in [6, 6.07) is 10.2. The van der Waals surface area contributed by atoms with E-state index in [9.17, 15) is 4.79 Å². The van der Waals surface area contributed by atoms with Gasteiger partial charge in [0.05, 0.1) is 0 Å². The molecular formula is C16H23N3O2. The monoisotopic (exact) mass is 289 g/mol. The maximum Gasteiger partial charge on any atom is 0.407 e. The number of alkyl carbamates (subject to hydrolysis) is 1. The number of carbonyl (C=O) groups is 1. The summed E-state index contributed by atoms with van der Waals surface area (Å²) in [6.45, 7) is 6.92. The molecule has 0 unspecified atom stereocenters. The van der Waals surface area contributed by atoms with Crippen molar-refractivity contribution in [3.63, 3.8) is 0 Å². The highest BCUT2D eigenvalue weighted by atomic mass is 16.6. The number of H-pyrrole nitrogens is 1. The number of benzene rings is 1. The van der Waals surface area contributed by atoms with Crippen molar-refractivity contribution >= 4 is 22.8 Å². The lowest BCUT2D eigenvalue weighted by Gasteiger charge is -2.19. The Morgan fingerprint density at radius 3 is 2.71 bits per heavy atom. The van der Waals surface area contributed by atoms with Crippen LogP contribution in [-0.2, 0) is 4.74 Å². The van der Waals surface area contributed by atoms with Crippen molar-refractivity contribution in [1.82, 2.24) is 10.3 Å². The van der Waals surface area contributed by atoms with Gasteiger partial charge in [0.1, 0.15) is 11.4 Å². The van der Waals surface area contributed by atoms with Gasteiger partial charge in [-0.2, -0.15) is 0 Å². The van der Waals surface area contributed by atoms with Crippen molar-refractivity contribution in [3.05, 3.63) is 30.3 Å². The van der Waals surface area contributed by atoms with Crippen molar-refractivity contribution in [2.75, 3.05) is 18.4 Å². The van der Waals surface area contributed by atoms with Gasteiger partial charge in [0, 0.05) is 24.0 Å². The van der Waals surface area contributed by atoms with Gasteiger partial charge >= 0.3 is 6.09 Å². The molecule has 2 rings (SSSR count). The Morgan fingerprint density at radius 2 is 2.00 bits per heavy atom. The second-order valence-electron chi connectivity index (χ2n) is 5.98. The Hall–Kier alpha value is -2.17. The molecule has 0 bridgehead atoms. The smallest absolute Gasteiger partial charge is 0.407 e. The van der Waals surface area contributed by atoms with Crippen LogP contribution in [0, 0.1) is 0 Å². The Bertz CT molecular complexity index is 566. The maximum absolute atomic E-state index is 11.4. The highest BCUT2D eigenvalue weighted by Crippen LogP contribution is 2.17. The molecule has 0 fully saturated rings. The highest BCUT2D eigenvalue weighted by Gasteiger charge is 2.15. The number of anilines is 1. The lowest BCUT2D eigenvalue weighted by molar-refractivity contribution is 0.0528. The number of aromatic nitrogens is 1. The fraction of sp³-hybridized carbons (Fsp3) is 0.438. The first-order chi connectivity index (χ1) is 9.94. The van der Waals surface area contributed by atoms with Gasteiger partial charge in [-0.05, 0) is 39.3 Å². The van der Waals surface area contributed by atoms with E-state index in [0.717, 1.165) is 24.3 Å². The van der Waals surface area contributed by atoms with Crippen LogP contribution in [0.15, 0.2) is 30.3 Å². The fourth-order valence-electron chi connectivity index (χ4n) is 1.98. The summed E-state index contributed by atoms with van der Waals surface area (Å²) in [6.07, 6.45) is 0.460. The molecule has 1 aromatic heterocycles. The van der Waals surface area contributed by atoms with E-state index in [4.69, 9.17) is 4.74 Å². The minimum atomic E-state index is -0.452. The molecular weight excluding hydrogens is 266 g/mol. The summed E-state index contributed by atoms with van der Waals surface area (Å²) in [5, 5.41) is 7.24. The fourth-order valence-corrected chi connectivity index (χ4v) is 1.98. The van der Waals surface area contributed by atoms with E-state index < -0.39 is 5.60 Å². The average Bonchev–Trinajstić information content (AvgIpc) is 2.78. The summed E-state index contributed by atoms with van der Waals surface area (Å²) >= 11 is 0.